The SMILES string of the molecule is Cc1cc2ccccc2n1CC(=O)Nc1cccc(S(=O)(=O)F)c1. The first-order valence-corrected chi connectivity index (χ1v) is 8.62. The van der Waals surface area contributed by atoms with E-state index in [1.807, 2.05) is 41.8 Å². The van der Waals surface area contributed by atoms with Gasteiger partial charge in [0.2, 0.25) is 5.91 Å². The standard InChI is InChI=1S/C17H15FN2O3S/c1-12-9-13-5-2-3-8-16(13)20(12)11-17(21)19-14-6-4-7-15(10-14)24(18,22)23/h2-10H,11H2,1H3,(H,19,21). The lowest BCUT2D eigenvalue weighted by Crippen LogP contribution is -2.19. The fourth-order valence-corrected chi connectivity index (χ4v) is 3.14. The highest BCUT2D eigenvalue weighted by Crippen LogP contribution is 2.20. The second-order valence-corrected chi connectivity index (χ2v) is 6.79. The molecular formula is C17H15FN2O3S. The first-order chi connectivity index (χ1) is 11.3. The van der Waals surface area contributed by atoms with Crippen LogP contribution in [0.2, 0.25) is 0 Å². The molecule has 124 valence electrons. The van der Waals surface area contributed by atoms with Gasteiger partial charge in [-0.2, -0.15) is 8.42 Å². The number of hydrogen-bond donors (Lipinski definition) is 1. The number of fused-ring (bicyclic) bond motifs is 1. The van der Waals surface area contributed by atoms with E-state index in [1.54, 1.807) is 0 Å². The Balaban J connectivity index is 1.82. The van der Waals surface area contributed by atoms with Crippen LogP contribution in [0, 0.1) is 6.92 Å². The molecule has 0 atom stereocenters. The first-order valence-electron chi connectivity index (χ1n) is 7.24. The quantitative estimate of drug-likeness (QED) is 0.738. The van der Waals surface area contributed by atoms with Crippen molar-refractivity contribution in [2.45, 2.75) is 18.4 Å². The van der Waals surface area contributed by atoms with Gasteiger partial charge in [-0.25, -0.2) is 0 Å². The molecule has 0 bridgehead atoms. The Morgan fingerprint density at radius 2 is 1.88 bits per heavy atom. The van der Waals surface area contributed by atoms with Gasteiger partial charge in [0.25, 0.3) is 0 Å². The highest BCUT2D eigenvalue weighted by atomic mass is 32.3. The molecule has 2 aromatic carbocycles. The lowest BCUT2D eigenvalue weighted by atomic mass is 10.2. The van der Waals surface area contributed by atoms with Crippen molar-refractivity contribution in [3.8, 4) is 0 Å². The second-order valence-electron chi connectivity index (χ2n) is 5.44. The van der Waals surface area contributed by atoms with Gasteiger partial charge in [-0.15, -0.1) is 3.89 Å². The number of rotatable bonds is 4. The Bertz CT molecular complexity index is 1030. The van der Waals surface area contributed by atoms with Crippen LogP contribution < -0.4 is 5.32 Å². The zero-order chi connectivity index (χ0) is 17.3. The first kappa shape index (κ1) is 16.2. The Morgan fingerprint density at radius 1 is 1.12 bits per heavy atom. The number of nitrogens with one attached hydrogen (secondary N) is 1. The van der Waals surface area contributed by atoms with Gasteiger partial charge in [-0.1, -0.05) is 24.3 Å². The van der Waals surface area contributed by atoms with Crippen molar-refractivity contribution in [1.82, 2.24) is 4.57 Å². The van der Waals surface area contributed by atoms with E-state index in [2.05, 4.69) is 5.32 Å². The topological polar surface area (TPSA) is 68.2 Å². The van der Waals surface area contributed by atoms with Crippen LogP contribution in [0.15, 0.2) is 59.5 Å². The van der Waals surface area contributed by atoms with Gasteiger partial charge in [0, 0.05) is 16.9 Å². The van der Waals surface area contributed by atoms with Gasteiger partial charge < -0.3 is 9.88 Å². The number of aromatic nitrogens is 1. The summed E-state index contributed by atoms with van der Waals surface area (Å²) in [5, 5.41) is 3.63. The molecule has 1 aromatic heterocycles. The van der Waals surface area contributed by atoms with Crippen LogP contribution in [0.1, 0.15) is 5.69 Å². The van der Waals surface area contributed by atoms with Gasteiger partial charge in [-0.05, 0) is 42.6 Å². The molecule has 1 amide bonds. The maximum atomic E-state index is 13.0. The monoisotopic (exact) mass is 346 g/mol. The van der Waals surface area contributed by atoms with Crippen molar-refractivity contribution in [2.24, 2.45) is 0 Å². The molecule has 3 rings (SSSR count). The Kier molecular flexibility index (Phi) is 4.11. The van der Waals surface area contributed by atoms with E-state index in [4.69, 9.17) is 0 Å². The van der Waals surface area contributed by atoms with Crippen molar-refractivity contribution in [3.63, 3.8) is 0 Å². The van der Waals surface area contributed by atoms with Crippen molar-refractivity contribution in [1.29, 1.82) is 0 Å². The molecule has 0 aliphatic rings. The molecule has 0 aliphatic carbocycles. The minimum atomic E-state index is -4.80. The van der Waals surface area contributed by atoms with Crippen LogP contribution in [0.25, 0.3) is 10.9 Å². The normalized spacial score (nSPS) is 11.6. The lowest BCUT2D eigenvalue weighted by molar-refractivity contribution is -0.116. The van der Waals surface area contributed by atoms with Gasteiger partial charge in [-0.3, -0.25) is 4.79 Å². The number of benzene rings is 2. The van der Waals surface area contributed by atoms with E-state index in [0.717, 1.165) is 28.7 Å². The number of amides is 1. The second kappa shape index (κ2) is 6.09. The van der Waals surface area contributed by atoms with Gasteiger partial charge in [0.15, 0.2) is 0 Å². The Hall–Kier alpha value is -2.67. The molecule has 5 nitrogen and oxygen atoms in total. The van der Waals surface area contributed by atoms with Crippen LogP contribution in [-0.2, 0) is 21.6 Å². The third-order valence-electron chi connectivity index (χ3n) is 3.72. The van der Waals surface area contributed by atoms with E-state index in [9.17, 15) is 17.1 Å². The van der Waals surface area contributed by atoms with E-state index in [-0.39, 0.29) is 18.1 Å². The predicted octanol–water partition coefficient (Wildman–Crippen LogP) is 3.25. The summed E-state index contributed by atoms with van der Waals surface area (Å²) in [6.07, 6.45) is 0. The van der Waals surface area contributed by atoms with Crippen LogP contribution in [0.3, 0.4) is 0 Å². The smallest absolute Gasteiger partial charge is 0.332 e. The minimum absolute atomic E-state index is 0.0753. The third-order valence-corrected chi connectivity index (χ3v) is 4.54. The number of aryl methyl sites for hydroxylation is 1. The molecule has 0 fully saturated rings. The summed E-state index contributed by atoms with van der Waals surface area (Å²) in [6, 6.07) is 14.8. The van der Waals surface area contributed by atoms with Crippen LogP contribution >= 0.6 is 0 Å². The van der Waals surface area contributed by atoms with Crippen LogP contribution in [0.5, 0.6) is 0 Å². The predicted molar refractivity (Wildman–Crippen MR) is 90.0 cm³/mol. The summed E-state index contributed by atoms with van der Waals surface area (Å²) in [5.41, 5.74) is 2.10. The summed E-state index contributed by atoms with van der Waals surface area (Å²) in [5.74, 6) is -0.326. The maximum absolute atomic E-state index is 13.0. The van der Waals surface area contributed by atoms with E-state index in [1.165, 1.54) is 12.1 Å². The molecule has 0 unspecified atom stereocenters. The number of halogens is 1. The average molecular weight is 346 g/mol. The van der Waals surface area contributed by atoms with Crippen LogP contribution in [0.4, 0.5) is 9.57 Å². The number of carbonyl (C=O) groups is 1. The molecule has 0 radical (unpaired) electrons. The van der Waals surface area contributed by atoms with Crippen molar-refractivity contribution >= 4 is 32.7 Å². The van der Waals surface area contributed by atoms with Crippen molar-refractivity contribution in [2.75, 3.05) is 5.32 Å². The highest BCUT2D eigenvalue weighted by molar-refractivity contribution is 7.86. The third kappa shape index (κ3) is 3.30. The summed E-state index contributed by atoms with van der Waals surface area (Å²) < 4.78 is 36.8. The van der Waals surface area contributed by atoms with Crippen molar-refractivity contribution in [3.05, 3.63) is 60.3 Å². The van der Waals surface area contributed by atoms with Crippen molar-refractivity contribution < 1.29 is 17.1 Å². The van der Waals surface area contributed by atoms with Gasteiger partial charge in [0.1, 0.15) is 11.4 Å². The summed E-state index contributed by atoms with van der Waals surface area (Å²) in [4.78, 5) is 11.8. The fraction of sp³-hybridized carbons (Fsp3) is 0.118. The Morgan fingerprint density at radius 3 is 2.62 bits per heavy atom. The molecule has 7 heteroatoms. The summed E-state index contributed by atoms with van der Waals surface area (Å²) in [6.45, 7) is 1.98. The lowest BCUT2D eigenvalue weighted by Gasteiger charge is -2.10. The summed E-state index contributed by atoms with van der Waals surface area (Å²) >= 11 is 0. The molecule has 0 aliphatic heterocycles. The van der Waals surface area contributed by atoms with E-state index >= 15 is 0 Å². The number of hydrogen-bond acceptors (Lipinski definition) is 3. The minimum Gasteiger partial charge on any atom is -0.335 e. The molecule has 0 spiro atoms. The Labute approximate surface area is 138 Å². The molecular weight excluding hydrogens is 331 g/mol. The number of carbonyl (C=O) groups excluding carboxylic acids is 1. The fourth-order valence-electron chi connectivity index (χ4n) is 2.63. The molecule has 0 saturated carbocycles. The number of para-hydroxylation sites is 1. The molecule has 0 saturated heterocycles. The molecule has 3 aromatic rings. The van der Waals surface area contributed by atoms with Crippen LogP contribution in [-0.4, -0.2) is 18.9 Å². The maximum Gasteiger partial charge on any atom is 0.332 e. The molecule has 1 N–H and O–H groups in total. The highest BCUT2D eigenvalue weighted by Gasteiger charge is 2.14. The van der Waals surface area contributed by atoms with Gasteiger partial charge >= 0.3 is 10.2 Å². The van der Waals surface area contributed by atoms with E-state index < -0.39 is 15.1 Å². The largest absolute Gasteiger partial charge is 0.335 e. The number of nitrogens with zero attached hydrogens (tertiary/aromatic N) is 1. The average Bonchev–Trinajstić information content (AvgIpc) is 2.83. The molecule has 1 heterocycles. The molecule has 24 heavy (non-hydrogen) atoms. The van der Waals surface area contributed by atoms with Gasteiger partial charge in [0.05, 0.1) is 0 Å². The number of anilines is 1. The van der Waals surface area contributed by atoms with E-state index in [0.29, 0.717) is 0 Å². The summed E-state index contributed by atoms with van der Waals surface area (Å²) in [7, 11) is -4.80. The zero-order valence-electron chi connectivity index (χ0n) is 12.9. The zero-order valence-corrected chi connectivity index (χ0v) is 13.7.